The molecule has 11 heteroatoms. The Hall–Kier alpha value is -2.53. The zero-order valence-corrected chi connectivity index (χ0v) is 13.5. The second-order valence-electron chi connectivity index (χ2n) is 4.87. The molecule has 0 aromatic heterocycles. The number of esters is 1. The Morgan fingerprint density at radius 2 is 1.38 bits per heavy atom. The topological polar surface area (TPSA) is 72.5 Å². The molecule has 5 nitrogen and oxygen atoms in total. The van der Waals surface area contributed by atoms with Crippen LogP contribution in [0.1, 0.15) is 0 Å². The smallest absolute Gasteiger partial charge is 0.325 e. The second kappa shape index (κ2) is 7.79. The molecule has 0 heterocycles. The Balaban J connectivity index is 2.03. The third kappa shape index (κ3) is 4.17. The predicted molar refractivity (Wildman–Crippen MR) is 78.4 cm³/mol. The lowest BCUT2D eigenvalue weighted by molar-refractivity contribution is -0.133. The van der Waals surface area contributed by atoms with Gasteiger partial charge in [-0.15, -0.1) is 0 Å². The van der Waals surface area contributed by atoms with Gasteiger partial charge < -0.3 is 4.74 Å². The van der Waals surface area contributed by atoms with Gasteiger partial charge in [0.15, 0.2) is 9.84 Å². The summed E-state index contributed by atoms with van der Waals surface area (Å²) < 4.78 is 93.6. The maximum absolute atomic E-state index is 13.4. The van der Waals surface area contributed by atoms with Crippen LogP contribution in [0.2, 0.25) is 0 Å². The van der Waals surface area contributed by atoms with E-state index in [0.717, 1.165) is 0 Å². The summed E-state index contributed by atoms with van der Waals surface area (Å²) in [5.41, 5.74) is 0. The minimum Gasteiger partial charge on any atom is -0.419 e. The average molecular weight is 395 g/mol. The molecule has 0 radical (unpaired) electrons. The molecule has 140 valence electrons. The summed E-state index contributed by atoms with van der Waals surface area (Å²) >= 11 is 0. The molecule has 0 fully saturated rings. The fraction of sp³-hybridized carbons (Fsp3) is 0.133. The molecule has 0 unspecified atom stereocenters. The molecule has 2 aromatic rings. The van der Waals surface area contributed by atoms with E-state index in [9.17, 15) is 35.2 Å². The van der Waals surface area contributed by atoms with Crippen molar-refractivity contribution in [3.63, 3.8) is 0 Å². The summed E-state index contributed by atoms with van der Waals surface area (Å²) in [4.78, 5) is 11.5. The maximum atomic E-state index is 13.4. The van der Waals surface area contributed by atoms with Crippen LogP contribution >= 0.6 is 0 Å². The SMILES string of the molecule is O=C(CNCS(=O)(=O)c1ccccc1)Oc1c(F)c(F)c(F)c(F)c1F. The minimum absolute atomic E-state index is 0.0411. The van der Waals surface area contributed by atoms with Gasteiger partial charge in [-0.05, 0) is 12.1 Å². The number of carbonyl (C=O) groups excluding carboxylic acids is 1. The molecule has 0 amide bonds. The molecule has 0 saturated carbocycles. The highest BCUT2D eigenvalue weighted by molar-refractivity contribution is 7.91. The van der Waals surface area contributed by atoms with Crippen molar-refractivity contribution in [2.24, 2.45) is 0 Å². The molecule has 0 aliphatic carbocycles. The van der Waals surface area contributed by atoms with Crippen molar-refractivity contribution >= 4 is 15.8 Å². The fourth-order valence-corrected chi connectivity index (χ4v) is 2.93. The van der Waals surface area contributed by atoms with Crippen LogP contribution in [0.4, 0.5) is 22.0 Å². The summed E-state index contributed by atoms with van der Waals surface area (Å²) in [6, 6.07) is 7.16. The van der Waals surface area contributed by atoms with Crippen LogP contribution in [0.25, 0.3) is 0 Å². The fourth-order valence-electron chi connectivity index (χ4n) is 1.82. The van der Waals surface area contributed by atoms with Crippen molar-refractivity contribution in [2.75, 3.05) is 12.4 Å². The standard InChI is InChI=1S/C15H10F5NO4S/c16-10-11(17)13(19)15(14(20)12(10)18)25-9(22)6-21-7-26(23,24)8-4-2-1-3-5-8/h1-5,21H,6-7H2. The van der Waals surface area contributed by atoms with Crippen LogP contribution in [-0.2, 0) is 14.6 Å². The van der Waals surface area contributed by atoms with Crippen molar-refractivity contribution in [1.29, 1.82) is 0 Å². The van der Waals surface area contributed by atoms with Crippen LogP contribution in [0, 0.1) is 29.1 Å². The van der Waals surface area contributed by atoms with E-state index in [2.05, 4.69) is 10.1 Å². The number of hydrogen-bond acceptors (Lipinski definition) is 5. The Morgan fingerprint density at radius 1 is 0.885 bits per heavy atom. The van der Waals surface area contributed by atoms with E-state index in [-0.39, 0.29) is 4.90 Å². The number of halogens is 5. The molecular formula is C15H10F5NO4S. The summed E-state index contributed by atoms with van der Waals surface area (Å²) in [5.74, 6) is -15.5. The summed E-state index contributed by atoms with van der Waals surface area (Å²) in [5, 5.41) is 2.15. The number of hydrogen-bond donors (Lipinski definition) is 1. The van der Waals surface area contributed by atoms with Gasteiger partial charge in [-0.2, -0.15) is 8.78 Å². The van der Waals surface area contributed by atoms with Crippen molar-refractivity contribution in [3.05, 3.63) is 59.4 Å². The van der Waals surface area contributed by atoms with Gasteiger partial charge in [-0.25, -0.2) is 21.6 Å². The van der Waals surface area contributed by atoms with Gasteiger partial charge in [0.25, 0.3) is 0 Å². The van der Waals surface area contributed by atoms with Gasteiger partial charge in [0.1, 0.15) is 5.88 Å². The molecule has 1 N–H and O–H groups in total. The summed E-state index contributed by atoms with van der Waals surface area (Å²) in [6.45, 7) is -0.856. The predicted octanol–water partition coefficient (Wildman–Crippen LogP) is 2.31. The third-order valence-corrected chi connectivity index (χ3v) is 4.62. The Morgan fingerprint density at radius 3 is 1.92 bits per heavy atom. The van der Waals surface area contributed by atoms with Gasteiger partial charge in [-0.3, -0.25) is 10.1 Å². The van der Waals surface area contributed by atoms with Crippen molar-refractivity contribution < 1.29 is 39.9 Å². The van der Waals surface area contributed by atoms with Crippen LogP contribution in [0.3, 0.4) is 0 Å². The van der Waals surface area contributed by atoms with Crippen molar-refractivity contribution in [2.45, 2.75) is 4.90 Å². The van der Waals surface area contributed by atoms with Crippen LogP contribution in [0.5, 0.6) is 5.75 Å². The highest BCUT2D eigenvalue weighted by Gasteiger charge is 2.28. The van der Waals surface area contributed by atoms with E-state index in [1.165, 1.54) is 24.3 Å². The summed E-state index contributed by atoms with van der Waals surface area (Å²) in [7, 11) is -3.80. The zero-order chi connectivity index (χ0) is 19.5. The van der Waals surface area contributed by atoms with E-state index in [1.807, 2.05) is 0 Å². The lowest BCUT2D eigenvalue weighted by Gasteiger charge is -2.09. The van der Waals surface area contributed by atoms with Crippen molar-refractivity contribution in [3.8, 4) is 5.75 Å². The lowest BCUT2D eigenvalue weighted by Crippen LogP contribution is -2.31. The molecule has 2 rings (SSSR count). The van der Waals surface area contributed by atoms with Gasteiger partial charge in [0.05, 0.1) is 11.4 Å². The van der Waals surface area contributed by atoms with Gasteiger partial charge >= 0.3 is 5.97 Å². The number of carbonyl (C=O) groups is 1. The van der Waals surface area contributed by atoms with E-state index < -0.39 is 63.1 Å². The number of sulfone groups is 1. The minimum atomic E-state index is -3.80. The Kier molecular flexibility index (Phi) is 5.93. The normalized spacial score (nSPS) is 11.4. The highest BCUT2D eigenvalue weighted by atomic mass is 32.2. The van der Waals surface area contributed by atoms with E-state index in [4.69, 9.17) is 0 Å². The molecular weight excluding hydrogens is 385 g/mol. The van der Waals surface area contributed by atoms with Gasteiger partial charge in [0, 0.05) is 0 Å². The molecule has 0 bridgehead atoms. The Labute approximate surface area is 144 Å². The highest BCUT2D eigenvalue weighted by Crippen LogP contribution is 2.29. The van der Waals surface area contributed by atoms with Gasteiger partial charge in [0.2, 0.25) is 34.8 Å². The number of ether oxygens (including phenoxy) is 1. The van der Waals surface area contributed by atoms with E-state index in [1.54, 1.807) is 6.07 Å². The maximum Gasteiger partial charge on any atom is 0.325 e. The zero-order valence-electron chi connectivity index (χ0n) is 12.7. The molecule has 26 heavy (non-hydrogen) atoms. The van der Waals surface area contributed by atoms with Gasteiger partial charge in [-0.1, -0.05) is 18.2 Å². The first kappa shape index (κ1) is 19.8. The quantitative estimate of drug-likeness (QED) is 0.267. The van der Waals surface area contributed by atoms with Crippen molar-refractivity contribution in [1.82, 2.24) is 5.32 Å². The molecule has 0 aliphatic rings. The van der Waals surface area contributed by atoms with Crippen LogP contribution in [-0.4, -0.2) is 26.8 Å². The number of benzene rings is 2. The summed E-state index contributed by atoms with van der Waals surface area (Å²) in [6.07, 6.45) is 0. The molecule has 2 aromatic carbocycles. The van der Waals surface area contributed by atoms with E-state index >= 15 is 0 Å². The monoisotopic (exact) mass is 395 g/mol. The Bertz CT molecular complexity index is 906. The first-order valence-corrected chi connectivity index (χ1v) is 8.51. The molecule has 0 aliphatic heterocycles. The van der Waals surface area contributed by atoms with Crippen LogP contribution < -0.4 is 10.1 Å². The first-order valence-electron chi connectivity index (χ1n) is 6.85. The molecule has 0 saturated heterocycles. The van der Waals surface area contributed by atoms with E-state index in [0.29, 0.717) is 0 Å². The number of nitrogens with one attached hydrogen (secondary N) is 1. The number of rotatable bonds is 6. The van der Waals surface area contributed by atoms with Crippen LogP contribution in [0.15, 0.2) is 35.2 Å². The first-order chi connectivity index (χ1) is 12.1. The third-order valence-electron chi connectivity index (χ3n) is 3.05. The average Bonchev–Trinajstić information content (AvgIpc) is 2.62. The largest absolute Gasteiger partial charge is 0.419 e. The second-order valence-corrected chi connectivity index (χ2v) is 6.86. The lowest BCUT2D eigenvalue weighted by atomic mass is 10.2. The molecule has 0 atom stereocenters. The molecule has 0 spiro atoms.